The van der Waals surface area contributed by atoms with Crippen molar-refractivity contribution in [2.75, 3.05) is 26.2 Å². The van der Waals surface area contributed by atoms with Crippen LogP contribution in [0.3, 0.4) is 0 Å². The summed E-state index contributed by atoms with van der Waals surface area (Å²) in [5.41, 5.74) is 0. The van der Waals surface area contributed by atoms with E-state index in [2.05, 4.69) is 17.3 Å². The summed E-state index contributed by atoms with van der Waals surface area (Å²) in [5.74, 6) is 0. The fourth-order valence-electron chi connectivity index (χ4n) is 2.26. The molecule has 0 unspecified atom stereocenters. The molecule has 1 aliphatic rings. The minimum Gasteiger partial charge on any atom is -0.317 e. The van der Waals surface area contributed by atoms with Crippen molar-refractivity contribution in [2.24, 2.45) is 0 Å². The minimum atomic E-state index is -3.40. The second-order valence-corrected chi connectivity index (χ2v) is 7.10. The number of aryl methyl sites for hydroxylation is 1. The third-order valence-electron chi connectivity index (χ3n) is 3.44. The maximum atomic E-state index is 12.4. The molecule has 0 spiro atoms. The first kappa shape index (κ1) is 16.2. The summed E-state index contributed by atoms with van der Waals surface area (Å²) in [5, 5.41) is 7.48. The first-order chi connectivity index (χ1) is 10.1. The summed E-state index contributed by atoms with van der Waals surface area (Å²) < 4.78 is 28.1. The second kappa shape index (κ2) is 7.72. The lowest BCUT2D eigenvalue weighted by molar-refractivity contribution is 0.437. The van der Waals surface area contributed by atoms with Crippen molar-refractivity contribution < 1.29 is 8.42 Å². The van der Waals surface area contributed by atoms with Gasteiger partial charge in [0.2, 0.25) is 10.0 Å². The first-order valence-corrected chi connectivity index (χ1v) is 8.97. The number of nitrogens with zero attached hydrogens (tertiary/aromatic N) is 3. The number of rotatable bonds is 8. The van der Waals surface area contributed by atoms with Crippen LogP contribution in [0.15, 0.2) is 29.4 Å². The highest BCUT2D eigenvalue weighted by atomic mass is 32.2. The predicted octanol–water partition coefficient (Wildman–Crippen LogP) is 1.22. The highest BCUT2D eigenvalue weighted by Gasteiger charge is 2.25. The zero-order valence-corrected chi connectivity index (χ0v) is 13.3. The Morgan fingerprint density at radius 1 is 1.33 bits per heavy atom. The van der Waals surface area contributed by atoms with Gasteiger partial charge in [0.25, 0.3) is 0 Å². The van der Waals surface area contributed by atoms with Gasteiger partial charge < -0.3 is 5.32 Å². The van der Waals surface area contributed by atoms with Gasteiger partial charge in [-0.1, -0.05) is 19.1 Å². The molecule has 1 aromatic rings. The molecule has 2 rings (SSSR count). The highest BCUT2D eigenvalue weighted by Crippen LogP contribution is 2.17. The molecule has 1 N–H and O–H groups in total. The van der Waals surface area contributed by atoms with Gasteiger partial charge >= 0.3 is 0 Å². The number of nitrogens with one attached hydrogen (secondary N) is 1. The summed E-state index contributed by atoms with van der Waals surface area (Å²) in [6.45, 7) is 5.80. The van der Waals surface area contributed by atoms with E-state index in [0.29, 0.717) is 18.0 Å². The Balaban J connectivity index is 1.91. The van der Waals surface area contributed by atoms with Crippen LogP contribution in [0.1, 0.15) is 26.2 Å². The van der Waals surface area contributed by atoms with Crippen LogP contribution in [0.2, 0.25) is 0 Å². The van der Waals surface area contributed by atoms with E-state index in [4.69, 9.17) is 0 Å². The number of sulfonamides is 1. The molecule has 0 fully saturated rings. The number of hydrogen-bond acceptors (Lipinski definition) is 4. The average molecular weight is 312 g/mol. The van der Waals surface area contributed by atoms with Gasteiger partial charge in [0.05, 0.1) is 6.20 Å². The lowest BCUT2D eigenvalue weighted by Gasteiger charge is -2.21. The Kier molecular flexibility index (Phi) is 5.96. The summed E-state index contributed by atoms with van der Waals surface area (Å²) in [7, 11) is -3.40. The summed E-state index contributed by atoms with van der Waals surface area (Å²) in [4.78, 5) is 0.291. The van der Waals surface area contributed by atoms with E-state index in [-0.39, 0.29) is 0 Å². The summed E-state index contributed by atoms with van der Waals surface area (Å²) in [6.07, 6.45) is 9.82. The van der Waals surface area contributed by atoms with Gasteiger partial charge in [-0.25, -0.2) is 8.42 Å². The molecule has 0 radical (unpaired) electrons. The van der Waals surface area contributed by atoms with E-state index >= 15 is 0 Å². The molecule has 0 saturated heterocycles. The normalized spacial score (nSPS) is 16.4. The lowest BCUT2D eigenvalue weighted by atomic mass is 10.3. The molecule has 6 nitrogen and oxygen atoms in total. The zero-order valence-electron chi connectivity index (χ0n) is 12.5. The Labute approximate surface area is 126 Å². The quantitative estimate of drug-likeness (QED) is 0.579. The smallest absolute Gasteiger partial charge is 0.246 e. The molecule has 1 aromatic heterocycles. The second-order valence-electron chi connectivity index (χ2n) is 5.17. The summed E-state index contributed by atoms with van der Waals surface area (Å²) >= 11 is 0. The van der Waals surface area contributed by atoms with Gasteiger partial charge in [0.1, 0.15) is 4.90 Å². The Morgan fingerprint density at radius 2 is 2.19 bits per heavy atom. The van der Waals surface area contributed by atoms with E-state index in [1.807, 2.05) is 12.2 Å². The van der Waals surface area contributed by atoms with Crippen LogP contribution in [-0.4, -0.2) is 48.7 Å². The van der Waals surface area contributed by atoms with Crippen molar-refractivity contribution in [3.8, 4) is 0 Å². The van der Waals surface area contributed by atoms with Crippen LogP contribution in [-0.2, 0) is 16.6 Å². The van der Waals surface area contributed by atoms with Crippen LogP contribution in [0.4, 0.5) is 0 Å². The summed E-state index contributed by atoms with van der Waals surface area (Å²) in [6, 6.07) is 0. The van der Waals surface area contributed by atoms with Crippen molar-refractivity contribution in [3.63, 3.8) is 0 Å². The third-order valence-corrected chi connectivity index (χ3v) is 5.25. The van der Waals surface area contributed by atoms with Crippen LogP contribution in [0.5, 0.6) is 0 Å². The van der Waals surface area contributed by atoms with Gasteiger partial charge in [0.15, 0.2) is 0 Å². The fourth-order valence-corrected chi connectivity index (χ4v) is 3.62. The SMILES string of the molecule is CCCNCCCn1cc(S(=O)(=O)N2CC=CCC2)cn1. The largest absolute Gasteiger partial charge is 0.317 e. The molecular weight excluding hydrogens is 288 g/mol. The lowest BCUT2D eigenvalue weighted by Crippen LogP contribution is -2.33. The monoisotopic (exact) mass is 312 g/mol. The Morgan fingerprint density at radius 3 is 2.90 bits per heavy atom. The Bertz CT molecular complexity index is 565. The molecule has 0 atom stereocenters. The Hall–Kier alpha value is -1.18. The van der Waals surface area contributed by atoms with Crippen molar-refractivity contribution in [1.82, 2.24) is 19.4 Å². The van der Waals surface area contributed by atoms with Gasteiger partial charge in [-0.2, -0.15) is 9.40 Å². The number of hydrogen-bond donors (Lipinski definition) is 1. The third kappa shape index (κ3) is 4.39. The van der Waals surface area contributed by atoms with Gasteiger partial charge in [0, 0.05) is 25.8 Å². The van der Waals surface area contributed by atoms with Crippen LogP contribution < -0.4 is 5.32 Å². The van der Waals surface area contributed by atoms with Crippen molar-refractivity contribution in [1.29, 1.82) is 0 Å². The van der Waals surface area contributed by atoms with Crippen LogP contribution in [0.25, 0.3) is 0 Å². The molecule has 0 bridgehead atoms. The van der Waals surface area contributed by atoms with Crippen molar-refractivity contribution in [3.05, 3.63) is 24.5 Å². The van der Waals surface area contributed by atoms with E-state index in [1.165, 1.54) is 10.5 Å². The zero-order chi connectivity index (χ0) is 15.1. The van der Waals surface area contributed by atoms with E-state index in [9.17, 15) is 8.42 Å². The molecule has 0 aromatic carbocycles. The molecule has 2 heterocycles. The van der Waals surface area contributed by atoms with Gasteiger partial charge in [-0.05, 0) is 32.4 Å². The molecule has 1 aliphatic heterocycles. The van der Waals surface area contributed by atoms with Gasteiger partial charge in [-0.15, -0.1) is 0 Å². The average Bonchev–Trinajstić information content (AvgIpc) is 2.98. The van der Waals surface area contributed by atoms with Gasteiger partial charge in [-0.3, -0.25) is 4.68 Å². The molecule has 0 aliphatic carbocycles. The van der Waals surface area contributed by atoms with Crippen molar-refractivity contribution >= 4 is 10.0 Å². The molecule has 21 heavy (non-hydrogen) atoms. The molecule has 0 saturated carbocycles. The van der Waals surface area contributed by atoms with Crippen LogP contribution in [0, 0.1) is 0 Å². The standard InChI is InChI=1S/C14H24N4O2S/c1-2-7-15-8-6-9-17-13-14(12-16-17)21(19,20)18-10-4-3-5-11-18/h3-4,12-13,15H,2,5-11H2,1H3. The van der Waals surface area contributed by atoms with E-state index in [1.54, 1.807) is 10.9 Å². The van der Waals surface area contributed by atoms with E-state index in [0.717, 1.165) is 38.9 Å². The van der Waals surface area contributed by atoms with E-state index < -0.39 is 10.0 Å². The maximum absolute atomic E-state index is 12.4. The molecule has 7 heteroatoms. The molecule has 0 amide bonds. The maximum Gasteiger partial charge on any atom is 0.246 e. The minimum absolute atomic E-state index is 0.291. The topological polar surface area (TPSA) is 67.2 Å². The fraction of sp³-hybridized carbons (Fsp3) is 0.643. The van der Waals surface area contributed by atoms with Crippen molar-refractivity contribution in [2.45, 2.75) is 37.6 Å². The highest BCUT2D eigenvalue weighted by molar-refractivity contribution is 7.89. The number of aromatic nitrogens is 2. The first-order valence-electron chi connectivity index (χ1n) is 7.53. The predicted molar refractivity (Wildman–Crippen MR) is 82.5 cm³/mol. The molecule has 118 valence electrons. The molecular formula is C14H24N4O2S. The van der Waals surface area contributed by atoms with Crippen LogP contribution >= 0.6 is 0 Å².